The molecular weight excluding hydrogens is 276 g/mol. The van der Waals surface area contributed by atoms with E-state index in [1.54, 1.807) is 0 Å². The minimum Gasteiger partial charge on any atom is -0.481 e. The second-order valence-corrected chi connectivity index (χ2v) is 6.08. The van der Waals surface area contributed by atoms with E-state index in [9.17, 15) is 4.79 Å². The van der Waals surface area contributed by atoms with Gasteiger partial charge >= 0.3 is 5.97 Å². The van der Waals surface area contributed by atoms with Crippen LogP contribution in [0.3, 0.4) is 0 Å². The molecular formula is C7H10Br2O2. The van der Waals surface area contributed by atoms with E-state index in [-0.39, 0.29) is 15.6 Å². The monoisotopic (exact) mass is 284 g/mol. The van der Waals surface area contributed by atoms with Crippen molar-refractivity contribution >= 4 is 37.8 Å². The predicted octanol–water partition coefficient (Wildman–Crippen LogP) is 2.60. The second kappa shape index (κ2) is 3.90. The lowest BCUT2D eigenvalue weighted by molar-refractivity contribution is -0.142. The van der Waals surface area contributed by atoms with Crippen LogP contribution in [0.5, 0.6) is 0 Å². The number of hydrogen-bond acceptors (Lipinski definition) is 1. The molecule has 64 valence electrons. The summed E-state index contributed by atoms with van der Waals surface area (Å²) in [5, 5.41) is 8.79. The van der Waals surface area contributed by atoms with Gasteiger partial charge in [-0.3, -0.25) is 4.79 Å². The summed E-state index contributed by atoms with van der Waals surface area (Å²) in [6.45, 7) is 0. The van der Waals surface area contributed by atoms with Crippen molar-refractivity contribution in [2.75, 3.05) is 0 Å². The van der Waals surface area contributed by atoms with E-state index in [0.29, 0.717) is 0 Å². The number of alkyl halides is 2. The normalized spacial score (nSPS) is 31.2. The molecule has 1 N–H and O–H groups in total. The molecule has 1 saturated carbocycles. The van der Waals surface area contributed by atoms with Gasteiger partial charge in [-0.15, -0.1) is 0 Å². The fourth-order valence-electron chi connectivity index (χ4n) is 1.60. The first-order chi connectivity index (χ1) is 5.13. The number of hydrogen-bond donors (Lipinski definition) is 1. The van der Waals surface area contributed by atoms with Crippen molar-refractivity contribution in [2.45, 2.75) is 23.0 Å². The summed E-state index contributed by atoms with van der Waals surface area (Å²) in [4.78, 5) is 10.7. The summed E-state index contributed by atoms with van der Waals surface area (Å²) in [5.74, 6) is -0.553. The van der Waals surface area contributed by atoms with Crippen LogP contribution in [0.1, 0.15) is 19.3 Å². The van der Waals surface area contributed by atoms with E-state index < -0.39 is 5.97 Å². The second-order valence-electron chi connectivity index (χ2n) is 2.87. The number of rotatable bonds is 2. The Morgan fingerprint density at radius 1 is 1.45 bits per heavy atom. The van der Waals surface area contributed by atoms with Crippen molar-refractivity contribution in [1.29, 1.82) is 0 Å². The first kappa shape index (κ1) is 9.52. The highest BCUT2D eigenvalue weighted by molar-refractivity contribution is 9.24. The minimum atomic E-state index is -0.656. The number of carboxylic acid groups (broad SMARTS) is 1. The van der Waals surface area contributed by atoms with Crippen LogP contribution >= 0.6 is 31.9 Å². The number of halogens is 2. The molecule has 4 heteroatoms. The highest BCUT2D eigenvalue weighted by Gasteiger charge is 2.35. The van der Waals surface area contributed by atoms with Gasteiger partial charge in [0, 0.05) is 0 Å². The van der Waals surface area contributed by atoms with E-state index >= 15 is 0 Å². The topological polar surface area (TPSA) is 37.3 Å². The molecule has 0 aromatic heterocycles. The van der Waals surface area contributed by atoms with Gasteiger partial charge in [0.2, 0.25) is 0 Å². The van der Waals surface area contributed by atoms with Crippen molar-refractivity contribution in [2.24, 2.45) is 11.8 Å². The average Bonchev–Trinajstić information content (AvgIpc) is 2.32. The summed E-state index contributed by atoms with van der Waals surface area (Å²) < 4.78 is 0.151. The van der Waals surface area contributed by atoms with Gasteiger partial charge in [-0.25, -0.2) is 0 Å². The van der Waals surface area contributed by atoms with Crippen molar-refractivity contribution in [3.05, 3.63) is 0 Å². The summed E-state index contributed by atoms with van der Waals surface area (Å²) in [6.07, 6.45) is 2.88. The van der Waals surface area contributed by atoms with E-state index in [1.165, 1.54) is 0 Å². The molecule has 0 radical (unpaired) electrons. The molecule has 1 fully saturated rings. The van der Waals surface area contributed by atoms with Crippen molar-refractivity contribution in [3.63, 3.8) is 0 Å². The van der Waals surface area contributed by atoms with Gasteiger partial charge in [0.1, 0.15) is 0 Å². The van der Waals surface area contributed by atoms with Gasteiger partial charge in [-0.1, -0.05) is 38.3 Å². The molecule has 11 heavy (non-hydrogen) atoms. The number of aliphatic carboxylic acids is 1. The average molecular weight is 286 g/mol. The van der Waals surface area contributed by atoms with Gasteiger partial charge < -0.3 is 5.11 Å². The van der Waals surface area contributed by atoms with Crippen LogP contribution < -0.4 is 0 Å². The van der Waals surface area contributed by atoms with E-state index in [4.69, 9.17) is 5.11 Å². The summed E-state index contributed by atoms with van der Waals surface area (Å²) in [5.41, 5.74) is 0. The first-order valence-corrected chi connectivity index (χ1v) is 5.47. The summed E-state index contributed by atoms with van der Waals surface area (Å²) in [7, 11) is 0. The van der Waals surface area contributed by atoms with Crippen LogP contribution in [0.2, 0.25) is 0 Å². The first-order valence-electron chi connectivity index (χ1n) is 3.64. The number of carboxylic acids is 1. The van der Waals surface area contributed by atoms with Crippen LogP contribution in [0, 0.1) is 11.8 Å². The zero-order chi connectivity index (χ0) is 8.43. The molecule has 0 heterocycles. The lowest BCUT2D eigenvalue weighted by atomic mass is 9.99. The Kier molecular flexibility index (Phi) is 3.37. The van der Waals surface area contributed by atoms with Gasteiger partial charge in [0.25, 0.3) is 0 Å². The molecule has 1 rings (SSSR count). The van der Waals surface area contributed by atoms with Gasteiger partial charge in [0.15, 0.2) is 0 Å². The molecule has 0 unspecified atom stereocenters. The molecule has 0 aromatic rings. The highest BCUT2D eigenvalue weighted by Crippen LogP contribution is 2.39. The van der Waals surface area contributed by atoms with Crippen LogP contribution in [-0.4, -0.2) is 14.8 Å². The van der Waals surface area contributed by atoms with Gasteiger partial charge in [-0.05, 0) is 18.8 Å². The Labute approximate surface area is 82.6 Å². The standard InChI is InChI=1S/C7H10Br2O2/c8-6(9)4-2-1-3-5(4)7(10)11/h4-6H,1-3H2,(H,10,11)/t4-,5-/m0/s1. The van der Waals surface area contributed by atoms with Crippen LogP contribution in [0.25, 0.3) is 0 Å². The third-order valence-electron chi connectivity index (χ3n) is 2.21. The maximum absolute atomic E-state index is 10.7. The molecule has 0 spiro atoms. The Morgan fingerprint density at radius 2 is 2.09 bits per heavy atom. The molecule has 0 saturated heterocycles. The molecule has 0 aliphatic heterocycles. The molecule has 2 nitrogen and oxygen atoms in total. The smallest absolute Gasteiger partial charge is 0.306 e. The zero-order valence-corrected chi connectivity index (χ0v) is 9.14. The van der Waals surface area contributed by atoms with E-state index in [0.717, 1.165) is 19.3 Å². The van der Waals surface area contributed by atoms with Crippen LogP contribution in [0.15, 0.2) is 0 Å². The van der Waals surface area contributed by atoms with Crippen molar-refractivity contribution in [1.82, 2.24) is 0 Å². The highest BCUT2D eigenvalue weighted by atomic mass is 79.9. The molecule has 1 aliphatic rings. The molecule has 0 bridgehead atoms. The molecule has 2 atom stereocenters. The lowest BCUT2D eigenvalue weighted by Crippen LogP contribution is -2.22. The Balaban J connectivity index is 2.58. The third-order valence-corrected chi connectivity index (χ3v) is 3.57. The summed E-state index contributed by atoms with van der Waals surface area (Å²) >= 11 is 6.73. The number of carbonyl (C=O) groups is 1. The van der Waals surface area contributed by atoms with Crippen LogP contribution in [0.4, 0.5) is 0 Å². The Morgan fingerprint density at radius 3 is 2.45 bits per heavy atom. The molecule has 1 aliphatic carbocycles. The van der Waals surface area contributed by atoms with Gasteiger partial charge in [0.05, 0.1) is 9.65 Å². The predicted molar refractivity (Wildman–Crippen MR) is 50.1 cm³/mol. The fraction of sp³-hybridized carbons (Fsp3) is 0.857. The van der Waals surface area contributed by atoms with E-state index in [2.05, 4.69) is 31.9 Å². The molecule has 0 amide bonds. The van der Waals surface area contributed by atoms with Crippen molar-refractivity contribution < 1.29 is 9.90 Å². The molecule has 0 aromatic carbocycles. The lowest BCUT2D eigenvalue weighted by Gasteiger charge is -2.16. The maximum Gasteiger partial charge on any atom is 0.306 e. The van der Waals surface area contributed by atoms with Crippen LogP contribution in [-0.2, 0) is 4.79 Å². The zero-order valence-electron chi connectivity index (χ0n) is 5.96. The largest absolute Gasteiger partial charge is 0.481 e. The van der Waals surface area contributed by atoms with Gasteiger partial charge in [-0.2, -0.15) is 0 Å². The fourth-order valence-corrected chi connectivity index (χ4v) is 2.86. The Hall–Kier alpha value is 0.430. The third kappa shape index (κ3) is 2.18. The SMILES string of the molecule is O=C(O)[C@H]1CCC[C@@H]1C(Br)Br. The summed E-state index contributed by atoms with van der Waals surface area (Å²) in [6, 6.07) is 0. The van der Waals surface area contributed by atoms with E-state index in [1.807, 2.05) is 0 Å². The quantitative estimate of drug-likeness (QED) is 0.792. The van der Waals surface area contributed by atoms with Crippen molar-refractivity contribution in [3.8, 4) is 0 Å². The Bertz CT molecular complexity index is 159. The maximum atomic E-state index is 10.7. The minimum absolute atomic E-state index is 0.151.